The van der Waals surface area contributed by atoms with E-state index in [1.807, 2.05) is 18.3 Å². The Hall–Kier alpha value is -1.81. The summed E-state index contributed by atoms with van der Waals surface area (Å²) < 4.78 is 1.68. The molecule has 0 amide bonds. The van der Waals surface area contributed by atoms with Crippen LogP contribution in [-0.4, -0.2) is 26.6 Å². The summed E-state index contributed by atoms with van der Waals surface area (Å²) >= 11 is 0. The highest BCUT2D eigenvalue weighted by molar-refractivity contribution is 5.62. The van der Waals surface area contributed by atoms with Crippen LogP contribution in [0.25, 0.3) is 11.1 Å². The van der Waals surface area contributed by atoms with Crippen LogP contribution in [0.2, 0.25) is 0 Å². The zero-order valence-electron chi connectivity index (χ0n) is 8.17. The molecule has 0 aliphatic rings. The lowest BCUT2D eigenvalue weighted by Gasteiger charge is -1.97. The summed E-state index contributed by atoms with van der Waals surface area (Å²) in [5, 5.41) is 22.0. The fraction of sp³-hybridized carbons (Fsp3) is 0.182. The molecule has 0 fully saturated rings. The van der Waals surface area contributed by atoms with E-state index >= 15 is 0 Å². The van der Waals surface area contributed by atoms with E-state index in [4.69, 9.17) is 10.2 Å². The first kappa shape index (κ1) is 9.73. The van der Waals surface area contributed by atoms with Crippen LogP contribution in [0.3, 0.4) is 0 Å². The maximum absolute atomic E-state index is 9.14. The molecule has 15 heavy (non-hydrogen) atoms. The third kappa shape index (κ3) is 2.16. The minimum atomic E-state index is 0.0801. The molecule has 4 heteroatoms. The van der Waals surface area contributed by atoms with E-state index < -0.39 is 0 Å². The Labute approximate surface area is 87.4 Å². The van der Waals surface area contributed by atoms with Crippen LogP contribution in [0.15, 0.2) is 36.7 Å². The molecule has 2 N–H and O–H groups in total. The summed E-state index contributed by atoms with van der Waals surface area (Å²) in [6.07, 6.45) is 3.60. The first-order chi connectivity index (χ1) is 7.29. The number of aromatic nitrogens is 2. The summed E-state index contributed by atoms with van der Waals surface area (Å²) in [4.78, 5) is 0. The highest BCUT2D eigenvalue weighted by atomic mass is 16.3. The largest absolute Gasteiger partial charge is 0.508 e. The third-order valence-corrected chi connectivity index (χ3v) is 2.16. The summed E-state index contributed by atoms with van der Waals surface area (Å²) in [7, 11) is 0. The monoisotopic (exact) mass is 204 g/mol. The number of aromatic hydroxyl groups is 1. The molecule has 78 valence electrons. The van der Waals surface area contributed by atoms with Gasteiger partial charge in [-0.3, -0.25) is 4.68 Å². The highest BCUT2D eigenvalue weighted by Crippen LogP contribution is 2.20. The van der Waals surface area contributed by atoms with Crippen LogP contribution in [0.1, 0.15) is 0 Å². The molecule has 1 heterocycles. The molecule has 0 aliphatic carbocycles. The van der Waals surface area contributed by atoms with Crippen molar-refractivity contribution in [3.63, 3.8) is 0 Å². The molecule has 0 aliphatic heterocycles. The van der Waals surface area contributed by atoms with Gasteiger partial charge < -0.3 is 10.2 Å². The second kappa shape index (κ2) is 4.14. The Morgan fingerprint density at radius 1 is 1.13 bits per heavy atom. The molecule has 2 aromatic rings. The third-order valence-electron chi connectivity index (χ3n) is 2.16. The zero-order chi connectivity index (χ0) is 10.7. The number of rotatable bonds is 3. The fourth-order valence-electron chi connectivity index (χ4n) is 1.39. The van der Waals surface area contributed by atoms with Crippen LogP contribution in [0.5, 0.6) is 5.75 Å². The van der Waals surface area contributed by atoms with E-state index in [1.54, 1.807) is 23.0 Å². The summed E-state index contributed by atoms with van der Waals surface area (Å²) in [5.74, 6) is 0.251. The van der Waals surface area contributed by atoms with Gasteiger partial charge in [-0.15, -0.1) is 0 Å². The van der Waals surface area contributed by atoms with Gasteiger partial charge in [0.2, 0.25) is 0 Å². The molecule has 0 bridgehead atoms. The van der Waals surface area contributed by atoms with Gasteiger partial charge in [0.05, 0.1) is 19.3 Å². The molecule has 0 saturated heterocycles. The molecule has 4 nitrogen and oxygen atoms in total. The number of benzene rings is 1. The quantitative estimate of drug-likeness (QED) is 0.791. The van der Waals surface area contributed by atoms with Gasteiger partial charge in [-0.05, 0) is 17.7 Å². The molecule has 0 spiro atoms. The van der Waals surface area contributed by atoms with Gasteiger partial charge in [0.15, 0.2) is 0 Å². The highest BCUT2D eigenvalue weighted by Gasteiger charge is 2.01. The van der Waals surface area contributed by atoms with Crippen molar-refractivity contribution >= 4 is 0 Å². The topological polar surface area (TPSA) is 58.3 Å². The molecule has 1 aromatic heterocycles. The van der Waals surface area contributed by atoms with Crippen molar-refractivity contribution in [3.05, 3.63) is 36.7 Å². The maximum Gasteiger partial charge on any atom is 0.115 e. The van der Waals surface area contributed by atoms with E-state index in [-0.39, 0.29) is 12.4 Å². The molecule has 0 unspecified atom stereocenters. The lowest BCUT2D eigenvalue weighted by molar-refractivity contribution is 0.269. The second-order valence-corrected chi connectivity index (χ2v) is 3.26. The van der Waals surface area contributed by atoms with Crippen LogP contribution < -0.4 is 0 Å². The number of aliphatic hydroxyl groups excluding tert-OH is 1. The zero-order valence-corrected chi connectivity index (χ0v) is 8.17. The molecule has 0 saturated carbocycles. The van der Waals surface area contributed by atoms with E-state index in [2.05, 4.69) is 5.10 Å². The molecule has 1 aromatic carbocycles. The van der Waals surface area contributed by atoms with Crippen LogP contribution in [0.4, 0.5) is 0 Å². The van der Waals surface area contributed by atoms with Crippen LogP contribution >= 0.6 is 0 Å². The van der Waals surface area contributed by atoms with Gasteiger partial charge in [-0.25, -0.2) is 0 Å². The summed E-state index contributed by atoms with van der Waals surface area (Å²) in [6, 6.07) is 6.93. The van der Waals surface area contributed by atoms with Crippen molar-refractivity contribution in [2.24, 2.45) is 0 Å². The number of hydrogen-bond donors (Lipinski definition) is 2. The Kier molecular flexibility index (Phi) is 2.69. The minimum absolute atomic E-state index is 0.0801. The first-order valence-electron chi connectivity index (χ1n) is 4.72. The average molecular weight is 204 g/mol. The Balaban J connectivity index is 2.25. The molecule has 2 rings (SSSR count). The van der Waals surface area contributed by atoms with Gasteiger partial charge >= 0.3 is 0 Å². The van der Waals surface area contributed by atoms with E-state index in [0.717, 1.165) is 11.1 Å². The SMILES string of the molecule is OCCn1cc(-c2ccc(O)cc2)cn1. The number of phenolic OH excluding ortho intramolecular Hbond substituents is 1. The average Bonchev–Trinajstić information content (AvgIpc) is 2.68. The Bertz CT molecular complexity index is 434. The standard InChI is InChI=1S/C11H12N2O2/c14-6-5-13-8-10(7-12-13)9-1-3-11(15)4-2-9/h1-4,7-8,14-15H,5-6H2. The van der Waals surface area contributed by atoms with Crippen molar-refractivity contribution in [3.8, 4) is 16.9 Å². The predicted molar refractivity (Wildman–Crippen MR) is 56.4 cm³/mol. The number of phenols is 1. The number of aliphatic hydroxyl groups is 1. The smallest absolute Gasteiger partial charge is 0.115 e. The lowest BCUT2D eigenvalue weighted by atomic mass is 10.1. The van der Waals surface area contributed by atoms with Crippen LogP contribution in [-0.2, 0) is 6.54 Å². The van der Waals surface area contributed by atoms with Crippen LogP contribution in [0, 0.1) is 0 Å². The maximum atomic E-state index is 9.14. The Morgan fingerprint density at radius 2 is 1.87 bits per heavy atom. The van der Waals surface area contributed by atoms with Crippen molar-refractivity contribution in [1.29, 1.82) is 0 Å². The predicted octanol–water partition coefficient (Wildman–Crippen LogP) is 1.25. The first-order valence-corrected chi connectivity index (χ1v) is 4.72. The minimum Gasteiger partial charge on any atom is -0.508 e. The van der Waals surface area contributed by atoms with Gasteiger partial charge in [-0.2, -0.15) is 5.10 Å². The summed E-state index contributed by atoms with van der Waals surface area (Å²) in [5.41, 5.74) is 1.97. The Morgan fingerprint density at radius 3 is 2.53 bits per heavy atom. The number of hydrogen-bond acceptors (Lipinski definition) is 3. The molecule has 0 radical (unpaired) electrons. The van der Waals surface area contributed by atoms with Crippen molar-refractivity contribution in [1.82, 2.24) is 9.78 Å². The molecular weight excluding hydrogens is 192 g/mol. The van der Waals surface area contributed by atoms with Gasteiger partial charge in [-0.1, -0.05) is 12.1 Å². The summed E-state index contributed by atoms with van der Waals surface area (Å²) in [6.45, 7) is 0.578. The lowest BCUT2D eigenvalue weighted by Crippen LogP contribution is -2.01. The van der Waals surface area contributed by atoms with Gasteiger partial charge in [0, 0.05) is 11.8 Å². The van der Waals surface area contributed by atoms with Crippen molar-refractivity contribution in [2.75, 3.05) is 6.61 Å². The van der Waals surface area contributed by atoms with E-state index in [0.29, 0.717) is 6.54 Å². The van der Waals surface area contributed by atoms with E-state index in [9.17, 15) is 0 Å². The molecule has 0 atom stereocenters. The van der Waals surface area contributed by atoms with Crippen molar-refractivity contribution < 1.29 is 10.2 Å². The normalized spacial score (nSPS) is 10.5. The van der Waals surface area contributed by atoms with Crippen molar-refractivity contribution in [2.45, 2.75) is 6.54 Å². The van der Waals surface area contributed by atoms with Gasteiger partial charge in [0.1, 0.15) is 5.75 Å². The fourth-order valence-corrected chi connectivity index (χ4v) is 1.39. The van der Waals surface area contributed by atoms with Gasteiger partial charge in [0.25, 0.3) is 0 Å². The molecular formula is C11H12N2O2. The van der Waals surface area contributed by atoms with E-state index in [1.165, 1.54) is 0 Å². The number of nitrogens with zero attached hydrogens (tertiary/aromatic N) is 2. The second-order valence-electron chi connectivity index (χ2n) is 3.26.